The number of carbonyl (C=O) groups is 1. The molecule has 1 aromatic carbocycles. The Labute approximate surface area is 130 Å². The van der Waals surface area contributed by atoms with E-state index in [0.29, 0.717) is 36.6 Å². The highest BCUT2D eigenvalue weighted by Gasteiger charge is 2.23. The molecule has 1 saturated heterocycles. The molecule has 1 aromatic rings. The van der Waals surface area contributed by atoms with E-state index in [1.807, 2.05) is 29.2 Å². The number of benzene rings is 1. The molecule has 0 saturated carbocycles. The van der Waals surface area contributed by atoms with Crippen LogP contribution in [0.1, 0.15) is 15.9 Å². The molecule has 0 aromatic heterocycles. The molecule has 114 valence electrons. The Bertz CT molecular complexity index is 513. The Balaban J connectivity index is 2.05. The van der Waals surface area contributed by atoms with Gasteiger partial charge in [-0.25, -0.2) is 0 Å². The van der Waals surface area contributed by atoms with Crippen molar-refractivity contribution >= 4 is 23.1 Å². The third-order valence-electron chi connectivity index (χ3n) is 3.69. The van der Waals surface area contributed by atoms with Crippen LogP contribution in [0.15, 0.2) is 24.3 Å². The molecule has 3 N–H and O–H groups in total. The van der Waals surface area contributed by atoms with Gasteiger partial charge in [-0.3, -0.25) is 9.69 Å². The van der Waals surface area contributed by atoms with Gasteiger partial charge in [-0.2, -0.15) is 0 Å². The Hall–Kier alpha value is -1.50. The molecule has 0 unspecified atom stereocenters. The second-order valence-electron chi connectivity index (χ2n) is 5.16. The molecular formula is C15H21N3O2S. The Morgan fingerprint density at radius 2 is 1.90 bits per heavy atom. The summed E-state index contributed by atoms with van der Waals surface area (Å²) < 4.78 is 0. The summed E-state index contributed by atoms with van der Waals surface area (Å²) in [6.07, 6.45) is 0.446. The normalized spacial score (nSPS) is 16.0. The lowest BCUT2D eigenvalue weighted by Gasteiger charge is -2.34. The van der Waals surface area contributed by atoms with Gasteiger partial charge in [-0.15, -0.1) is 0 Å². The van der Waals surface area contributed by atoms with Crippen LogP contribution in [-0.4, -0.2) is 65.1 Å². The van der Waals surface area contributed by atoms with Crippen molar-refractivity contribution in [3.05, 3.63) is 35.4 Å². The predicted octanol–water partition coefficient (Wildman–Crippen LogP) is 0.265. The lowest BCUT2D eigenvalue weighted by molar-refractivity contribution is 0.0614. The molecule has 5 nitrogen and oxygen atoms in total. The van der Waals surface area contributed by atoms with Crippen LogP contribution in [0.3, 0.4) is 0 Å². The average Bonchev–Trinajstić information content (AvgIpc) is 2.48. The van der Waals surface area contributed by atoms with E-state index in [1.165, 1.54) is 0 Å². The van der Waals surface area contributed by atoms with Crippen molar-refractivity contribution in [3.8, 4) is 0 Å². The number of amides is 1. The first-order valence-electron chi connectivity index (χ1n) is 7.10. The number of hydrogen-bond donors (Lipinski definition) is 2. The molecule has 1 aliphatic rings. The summed E-state index contributed by atoms with van der Waals surface area (Å²) in [6, 6.07) is 7.48. The fourth-order valence-corrected chi connectivity index (χ4v) is 2.71. The van der Waals surface area contributed by atoms with Gasteiger partial charge in [0.05, 0.1) is 11.6 Å². The second kappa shape index (κ2) is 7.49. The maximum absolute atomic E-state index is 12.6. The highest BCUT2D eigenvalue weighted by Crippen LogP contribution is 2.14. The van der Waals surface area contributed by atoms with Gasteiger partial charge in [0.2, 0.25) is 0 Å². The molecule has 0 bridgehead atoms. The number of hydrogen-bond acceptors (Lipinski definition) is 4. The van der Waals surface area contributed by atoms with Gasteiger partial charge in [0.1, 0.15) is 0 Å². The van der Waals surface area contributed by atoms with E-state index in [9.17, 15) is 4.79 Å². The number of piperazine rings is 1. The van der Waals surface area contributed by atoms with Gasteiger partial charge in [0.25, 0.3) is 5.91 Å². The highest BCUT2D eigenvalue weighted by atomic mass is 32.1. The number of aliphatic hydroxyl groups excluding tert-OH is 1. The van der Waals surface area contributed by atoms with Crippen molar-refractivity contribution in [1.82, 2.24) is 9.80 Å². The minimum absolute atomic E-state index is 0.0329. The molecule has 2 rings (SSSR count). The number of nitrogens with zero attached hydrogens (tertiary/aromatic N) is 2. The zero-order chi connectivity index (χ0) is 15.2. The Morgan fingerprint density at radius 3 is 2.52 bits per heavy atom. The fourth-order valence-electron chi connectivity index (χ4n) is 2.56. The molecule has 0 aliphatic carbocycles. The van der Waals surface area contributed by atoms with Crippen molar-refractivity contribution < 1.29 is 9.90 Å². The van der Waals surface area contributed by atoms with Crippen LogP contribution in [0.5, 0.6) is 0 Å². The van der Waals surface area contributed by atoms with Crippen LogP contribution in [0.4, 0.5) is 0 Å². The van der Waals surface area contributed by atoms with Crippen LogP contribution in [0.2, 0.25) is 0 Å². The van der Waals surface area contributed by atoms with Crippen LogP contribution in [0.25, 0.3) is 0 Å². The molecule has 1 aliphatic heterocycles. The zero-order valence-electron chi connectivity index (χ0n) is 12.0. The lowest BCUT2D eigenvalue weighted by atomic mass is 10.0. The third-order valence-corrected chi connectivity index (χ3v) is 3.83. The summed E-state index contributed by atoms with van der Waals surface area (Å²) in [6.45, 7) is 3.78. The van der Waals surface area contributed by atoms with E-state index in [1.54, 1.807) is 0 Å². The number of nitrogens with two attached hydrogens (primary N) is 1. The fraction of sp³-hybridized carbons (Fsp3) is 0.467. The van der Waals surface area contributed by atoms with E-state index in [0.717, 1.165) is 18.7 Å². The highest BCUT2D eigenvalue weighted by molar-refractivity contribution is 7.80. The van der Waals surface area contributed by atoms with Gasteiger partial charge in [-0.05, 0) is 11.6 Å². The van der Waals surface area contributed by atoms with Crippen LogP contribution >= 0.6 is 12.2 Å². The molecule has 0 radical (unpaired) electrons. The minimum atomic E-state index is 0.0329. The summed E-state index contributed by atoms with van der Waals surface area (Å²) in [7, 11) is 0. The van der Waals surface area contributed by atoms with Crippen LogP contribution < -0.4 is 5.73 Å². The average molecular weight is 307 g/mol. The van der Waals surface area contributed by atoms with Crippen molar-refractivity contribution in [3.63, 3.8) is 0 Å². The molecule has 0 spiro atoms. The summed E-state index contributed by atoms with van der Waals surface area (Å²) in [5, 5.41) is 8.95. The standard InChI is InChI=1S/C15H21N3O2S/c16-14(21)11-12-3-1-2-4-13(12)15(20)18-7-5-17(6-8-18)9-10-19/h1-4,19H,5-11H2,(H2,16,21). The van der Waals surface area contributed by atoms with Gasteiger partial charge in [0, 0.05) is 44.7 Å². The molecule has 0 atom stereocenters. The summed E-state index contributed by atoms with van der Waals surface area (Å²) >= 11 is 4.95. The van der Waals surface area contributed by atoms with E-state index >= 15 is 0 Å². The Kier molecular flexibility index (Phi) is 5.67. The van der Waals surface area contributed by atoms with E-state index < -0.39 is 0 Å². The van der Waals surface area contributed by atoms with E-state index in [2.05, 4.69) is 4.90 Å². The topological polar surface area (TPSA) is 69.8 Å². The van der Waals surface area contributed by atoms with E-state index in [-0.39, 0.29) is 12.5 Å². The van der Waals surface area contributed by atoms with E-state index in [4.69, 9.17) is 23.1 Å². The second-order valence-corrected chi connectivity index (χ2v) is 5.68. The molecular weight excluding hydrogens is 286 g/mol. The lowest BCUT2D eigenvalue weighted by Crippen LogP contribution is -2.49. The maximum atomic E-state index is 12.6. The number of β-amino-alcohol motifs (C(OH)–C–C–N with tert-alkyl or cyclic N) is 1. The summed E-state index contributed by atoms with van der Waals surface area (Å²) in [4.78, 5) is 17.0. The van der Waals surface area contributed by atoms with Gasteiger partial charge in [0.15, 0.2) is 0 Å². The molecule has 1 heterocycles. The SMILES string of the molecule is NC(=S)Cc1ccccc1C(=O)N1CCN(CCO)CC1. The largest absolute Gasteiger partial charge is 0.395 e. The Morgan fingerprint density at radius 1 is 1.24 bits per heavy atom. The first kappa shape index (κ1) is 15.9. The number of carbonyl (C=O) groups excluding carboxylic acids is 1. The molecule has 6 heteroatoms. The smallest absolute Gasteiger partial charge is 0.254 e. The first-order chi connectivity index (χ1) is 10.1. The van der Waals surface area contributed by atoms with Crippen LogP contribution in [-0.2, 0) is 6.42 Å². The molecule has 21 heavy (non-hydrogen) atoms. The summed E-state index contributed by atoms with van der Waals surface area (Å²) in [5.74, 6) is 0.0329. The van der Waals surface area contributed by atoms with Gasteiger partial charge < -0.3 is 15.7 Å². The molecule has 1 amide bonds. The quantitative estimate of drug-likeness (QED) is 0.764. The van der Waals surface area contributed by atoms with Crippen LogP contribution in [0, 0.1) is 0 Å². The number of rotatable bonds is 5. The van der Waals surface area contributed by atoms with Gasteiger partial charge >= 0.3 is 0 Å². The van der Waals surface area contributed by atoms with Crippen molar-refractivity contribution in [2.45, 2.75) is 6.42 Å². The third kappa shape index (κ3) is 4.23. The van der Waals surface area contributed by atoms with Crippen molar-refractivity contribution in [2.24, 2.45) is 5.73 Å². The first-order valence-corrected chi connectivity index (χ1v) is 7.51. The predicted molar refractivity (Wildman–Crippen MR) is 86.4 cm³/mol. The zero-order valence-corrected chi connectivity index (χ0v) is 12.8. The van der Waals surface area contributed by atoms with Crippen molar-refractivity contribution in [1.29, 1.82) is 0 Å². The maximum Gasteiger partial charge on any atom is 0.254 e. The van der Waals surface area contributed by atoms with Crippen molar-refractivity contribution in [2.75, 3.05) is 39.3 Å². The summed E-state index contributed by atoms with van der Waals surface area (Å²) in [5.41, 5.74) is 7.16. The monoisotopic (exact) mass is 307 g/mol. The van der Waals surface area contributed by atoms with Gasteiger partial charge in [-0.1, -0.05) is 30.4 Å². The number of thiocarbonyl (C=S) groups is 1. The number of aliphatic hydroxyl groups is 1. The minimum Gasteiger partial charge on any atom is -0.395 e. The molecule has 1 fully saturated rings.